The van der Waals surface area contributed by atoms with Crippen LogP contribution in [0.5, 0.6) is 0 Å². The molecule has 108 valence electrons. The fraction of sp³-hybridized carbons (Fsp3) is 0.429. The number of halogens is 1. The van der Waals surface area contributed by atoms with Crippen LogP contribution in [0.4, 0.5) is 5.69 Å². The normalized spacial score (nSPS) is 22.3. The third-order valence-corrected chi connectivity index (χ3v) is 4.32. The van der Waals surface area contributed by atoms with Crippen LogP contribution in [-0.4, -0.2) is 23.0 Å². The van der Waals surface area contributed by atoms with Gasteiger partial charge in [0.2, 0.25) is 5.91 Å². The predicted molar refractivity (Wildman–Crippen MR) is 79.7 cm³/mol. The fourth-order valence-electron chi connectivity index (χ4n) is 2.46. The number of benzene rings is 1. The van der Waals surface area contributed by atoms with Crippen molar-refractivity contribution in [2.24, 2.45) is 11.7 Å². The molecule has 0 aromatic heterocycles. The molecule has 1 aromatic rings. The number of carboxylic acid groups (broad SMARTS) is 1. The van der Waals surface area contributed by atoms with Gasteiger partial charge in [-0.25, -0.2) is 4.79 Å². The Morgan fingerprint density at radius 1 is 1.30 bits per heavy atom. The molecule has 0 spiro atoms. The molecule has 1 aromatic carbocycles. The molecule has 20 heavy (non-hydrogen) atoms. The lowest BCUT2D eigenvalue weighted by molar-refractivity contribution is -0.121. The fourth-order valence-corrected chi connectivity index (χ4v) is 2.81. The van der Waals surface area contributed by atoms with Crippen LogP contribution in [0, 0.1) is 5.92 Å². The summed E-state index contributed by atoms with van der Waals surface area (Å²) in [6, 6.07) is 4.41. The van der Waals surface area contributed by atoms with Crippen molar-refractivity contribution >= 4 is 33.5 Å². The van der Waals surface area contributed by atoms with E-state index in [1.807, 2.05) is 0 Å². The first-order chi connectivity index (χ1) is 9.49. The molecule has 1 aliphatic carbocycles. The predicted octanol–water partition coefficient (Wildman–Crippen LogP) is 2.60. The van der Waals surface area contributed by atoms with Gasteiger partial charge in [0, 0.05) is 10.5 Å². The molecule has 0 heterocycles. The molecule has 0 aliphatic heterocycles. The van der Waals surface area contributed by atoms with Crippen molar-refractivity contribution in [3.8, 4) is 0 Å². The van der Waals surface area contributed by atoms with Crippen LogP contribution in [0.15, 0.2) is 22.7 Å². The molecule has 4 N–H and O–H groups in total. The first-order valence-corrected chi connectivity index (χ1v) is 7.37. The van der Waals surface area contributed by atoms with Crippen molar-refractivity contribution in [2.75, 3.05) is 5.32 Å². The quantitative estimate of drug-likeness (QED) is 0.788. The third-order valence-electron chi connectivity index (χ3n) is 3.63. The molecule has 2 atom stereocenters. The first-order valence-electron chi connectivity index (χ1n) is 6.58. The summed E-state index contributed by atoms with van der Waals surface area (Å²) in [4.78, 5) is 23.2. The van der Waals surface area contributed by atoms with Gasteiger partial charge in [-0.3, -0.25) is 4.79 Å². The number of hydrogen-bond donors (Lipinski definition) is 3. The Kier molecular flexibility index (Phi) is 4.77. The van der Waals surface area contributed by atoms with Crippen molar-refractivity contribution in [2.45, 2.75) is 31.7 Å². The Balaban J connectivity index is 2.14. The second-order valence-electron chi connectivity index (χ2n) is 5.04. The molecule has 2 unspecified atom stereocenters. The van der Waals surface area contributed by atoms with Gasteiger partial charge in [0.25, 0.3) is 0 Å². The molecule has 1 amide bonds. The van der Waals surface area contributed by atoms with E-state index in [1.165, 1.54) is 12.1 Å². The molecular formula is C14H17BrN2O3. The van der Waals surface area contributed by atoms with Gasteiger partial charge in [-0.05, 0) is 47.0 Å². The number of amides is 1. The van der Waals surface area contributed by atoms with Gasteiger partial charge in [0.1, 0.15) is 0 Å². The third kappa shape index (κ3) is 3.37. The van der Waals surface area contributed by atoms with Gasteiger partial charge in [-0.15, -0.1) is 0 Å². The highest BCUT2D eigenvalue weighted by atomic mass is 79.9. The molecule has 1 fully saturated rings. The number of nitrogens with one attached hydrogen (secondary N) is 1. The summed E-state index contributed by atoms with van der Waals surface area (Å²) in [6.07, 6.45) is 3.70. The van der Waals surface area contributed by atoms with Gasteiger partial charge in [0.15, 0.2) is 0 Å². The van der Waals surface area contributed by atoms with Crippen molar-refractivity contribution in [1.29, 1.82) is 0 Å². The van der Waals surface area contributed by atoms with Crippen LogP contribution < -0.4 is 11.1 Å². The number of aromatic carboxylic acids is 1. The van der Waals surface area contributed by atoms with Crippen LogP contribution in [0.25, 0.3) is 0 Å². The van der Waals surface area contributed by atoms with E-state index in [-0.39, 0.29) is 23.4 Å². The number of anilines is 1. The van der Waals surface area contributed by atoms with E-state index in [0.29, 0.717) is 10.2 Å². The van der Waals surface area contributed by atoms with Gasteiger partial charge in [-0.1, -0.05) is 12.8 Å². The van der Waals surface area contributed by atoms with Crippen LogP contribution >= 0.6 is 15.9 Å². The monoisotopic (exact) mass is 340 g/mol. The maximum atomic E-state index is 12.3. The zero-order valence-electron chi connectivity index (χ0n) is 10.9. The summed E-state index contributed by atoms with van der Waals surface area (Å²) in [5.74, 6) is -1.37. The smallest absolute Gasteiger partial charge is 0.335 e. The van der Waals surface area contributed by atoms with E-state index in [4.69, 9.17) is 10.8 Å². The summed E-state index contributed by atoms with van der Waals surface area (Å²) in [5, 5.41) is 11.8. The minimum Gasteiger partial charge on any atom is -0.478 e. The summed E-state index contributed by atoms with van der Waals surface area (Å²) >= 11 is 3.31. The number of rotatable bonds is 3. The highest BCUT2D eigenvalue weighted by Gasteiger charge is 2.28. The minimum atomic E-state index is -1.03. The molecule has 0 radical (unpaired) electrons. The molecule has 2 rings (SSSR count). The maximum Gasteiger partial charge on any atom is 0.335 e. The standard InChI is InChI=1S/C14H17BrN2O3/c15-10-6-5-8(14(19)20)7-12(10)17-13(18)9-3-1-2-4-11(9)16/h5-7,9,11H,1-4,16H2,(H,17,18)(H,19,20). The van der Waals surface area contributed by atoms with Crippen LogP contribution in [0.1, 0.15) is 36.0 Å². The van der Waals surface area contributed by atoms with Crippen molar-refractivity contribution in [3.63, 3.8) is 0 Å². The van der Waals surface area contributed by atoms with E-state index in [2.05, 4.69) is 21.2 Å². The number of carboxylic acids is 1. The van der Waals surface area contributed by atoms with Crippen molar-refractivity contribution in [1.82, 2.24) is 0 Å². The van der Waals surface area contributed by atoms with Gasteiger partial charge < -0.3 is 16.2 Å². The average molecular weight is 341 g/mol. The van der Waals surface area contributed by atoms with Gasteiger partial charge in [0.05, 0.1) is 17.2 Å². The number of carbonyl (C=O) groups excluding carboxylic acids is 1. The van der Waals surface area contributed by atoms with Gasteiger partial charge in [-0.2, -0.15) is 0 Å². The maximum absolute atomic E-state index is 12.3. The van der Waals surface area contributed by atoms with Crippen molar-refractivity contribution < 1.29 is 14.7 Å². The highest BCUT2D eigenvalue weighted by molar-refractivity contribution is 9.10. The van der Waals surface area contributed by atoms with Gasteiger partial charge >= 0.3 is 5.97 Å². The van der Waals surface area contributed by atoms with E-state index < -0.39 is 5.97 Å². The second-order valence-corrected chi connectivity index (χ2v) is 5.90. The Bertz CT molecular complexity index is 533. The zero-order chi connectivity index (χ0) is 14.7. The lowest BCUT2D eigenvalue weighted by Crippen LogP contribution is -2.40. The Morgan fingerprint density at radius 2 is 2.00 bits per heavy atom. The minimum absolute atomic E-state index is 0.120. The van der Waals surface area contributed by atoms with E-state index >= 15 is 0 Å². The molecule has 0 bridgehead atoms. The topological polar surface area (TPSA) is 92.4 Å². The molecule has 1 aliphatic rings. The largest absolute Gasteiger partial charge is 0.478 e. The Morgan fingerprint density at radius 3 is 2.65 bits per heavy atom. The summed E-state index contributed by atoms with van der Waals surface area (Å²) in [6.45, 7) is 0. The summed E-state index contributed by atoms with van der Waals surface area (Å²) in [7, 11) is 0. The Labute approximate surface area is 125 Å². The van der Waals surface area contributed by atoms with E-state index in [1.54, 1.807) is 6.07 Å². The molecular weight excluding hydrogens is 324 g/mol. The van der Waals surface area contributed by atoms with Crippen LogP contribution in [0.2, 0.25) is 0 Å². The van der Waals surface area contributed by atoms with Crippen LogP contribution in [-0.2, 0) is 4.79 Å². The van der Waals surface area contributed by atoms with Crippen molar-refractivity contribution in [3.05, 3.63) is 28.2 Å². The Hall–Kier alpha value is -1.40. The second kappa shape index (κ2) is 6.37. The first kappa shape index (κ1) is 15.0. The van der Waals surface area contributed by atoms with E-state index in [9.17, 15) is 9.59 Å². The summed E-state index contributed by atoms with van der Waals surface area (Å²) in [5.41, 5.74) is 6.58. The SMILES string of the molecule is NC1CCCCC1C(=O)Nc1cc(C(=O)O)ccc1Br. The summed E-state index contributed by atoms with van der Waals surface area (Å²) < 4.78 is 0.653. The number of hydrogen-bond acceptors (Lipinski definition) is 3. The highest BCUT2D eigenvalue weighted by Crippen LogP contribution is 2.27. The lowest BCUT2D eigenvalue weighted by Gasteiger charge is -2.27. The average Bonchev–Trinajstić information content (AvgIpc) is 2.41. The molecule has 5 nitrogen and oxygen atoms in total. The molecule has 0 saturated heterocycles. The lowest BCUT2D eigenvalue weighted by atomic mass is 9.84. The molecule has 1 saturated carbocycles. The number of carbonyl (C=O) groups is 2. The van der Waals surface area contributed by atoms with E-state index in [0.717, 1.165) is 25.7 Å². The zero-order valence-corrected chi connectivity index (χ0v) is 12.5. The number of nitrogens with two attached hydrogens (primary N) is 1. The molecule has 6 heteroatoms. The van der Waals surface area contributed by atoms with Crippen LogP contribution in [0.3, 0.4) is 0 Å².